The maximum absolute atomic E-state index is 13.2. The predicted octanol–water partition coefficient (Wildman–Crippen LogP) is 2.14. The second-order valence-electron chi connectivity index (χ2n) is 8.93. The second kappa shape index (κ2) is 11.4. The Morgan fingerprint density at radius 2 is 1.97 bits per heavy atom. The van der Waals surface area contributed by atoms with E-state index in [1.54, 1.807) is 19.2 Å². The van der Waals surface area contributed by atoms with Crippen molar-refractivity contribution in [2.24, 2.45) is 11.8 Å². The van der Waals surface area contributed by atoms with Gasteiger partial charge in [0.1, 0.15) is 17.5 Å². The van der Waals surface area contributed by atoms with Crippen molar-refractivity contribution in [3.05, 3.63) is 30.0 Å². The van der Waals surface area contributed by atoms with Crippen LogP contribution < -0.4 is 20.7 Å². The molecule has 0 spiro atoms. The second-order valence-corrected chi connectivity index (χ2v) is 9.20. The summed E-state index contributed by atoms with van der Waals surface area (Å²) in [5.74, 6) is -1.36. The number of aromatic nitrogens is 1. The van der Waals surface area contributed by atoms with Gasteiger partial charge >= 0.3 is 0 Å². The quantitative estimate of drug-likeness (QED) is 0.359. The van der Waals surface area contributed by atoms with Gasteiger partial charge in [-0.15, -0.1) is 11.6 Å². The van der Waals surface area contributed by atoms with Crippen molar-refractivity contribution in [2.75, 3.05) is 19.5 Å². The van der Waals surface area contributed by atoms with Crippen molar-refractivity contribution in [1.82, 2.24) is 20.9 Å². The number of methoxy groups -OCH3 is 1. The van der Waals surface area contributed by atoms with Gasteiger partial charge in [-0.2, -0.15) is 0 Å². The number of hydrogen-bond acceptors (Lipinski definition) is 5. The third kappa shape index (κ3) is 6.08. The number of ketones is 1. The van der Waals surface area contributed by atoms with Gasteiger partial charge in [-0.1, -0.05) is 19.9 Å². The number of benzene rings is 1. The number of carbonyl (C=O) groups is 4. The molecule has 1 fully saturated rings. The van der Waals surface area contributed by atoms with E-state index in [2.05, 4.69) is 20.9 Å². The van der Waals surface area contributed by atoms with Crippen LogP contribution in [0.1, 0.15) is 43.6 Å². The Morgan fingerprint density at radius 1 is 1.21 bits per heavy atom. The number of aromatic amines is 1. The number of ether oxygens (including phenoxy) is 1. The number of nitrogens with one attached hydrogen (secondary N) is 4. The van der Waals surface area contributed by atoms with Gasteiger partial charge in [0.25, 0.3) is 5.91 Å². The average Bonchev–Trinajstić information content (AvgIpc) is 3.43. The van der Waals surface area contributed by atoms with E-state index in [0.29, 0.717) is 25.1 Å². The summed E-state index contributed by atoms with van der Waals surface area (Å²) < 4.78 is 5.34. The average molecular weight is 491 g/mol. The number of fused-ring (bicyclic) bond motifs is 1. The number of Topliss-reactive ketones (excluding diaryl/α,β-unsaturated/α-hetero) is 1. The summed E-state index contributed by atoms with van der Waals surface area (Å²) in [5.41, 5.74) is 1.02. The molecule has 3 atom stereocenters. The summed E-state index contributed by atoms with van der Waals surface area (Å²) in [6, 6.07) is 5.34. The van der Waals surface area contributed by atoms with Crippen LogP contribution in [0.15, 0.2) is 24.3 Å². The van der Waals surface area contributed by atoms with Crippen molar-refractivity contribution in [3.63, 3.8) is 0 Å². The highest BCUT2D eigenvalue weighted by molar-refractivity contribution is 6.28. The lowest BCUT2D eigenvalue weighted by molar-refractivity contribution is -0.129. The molecule has 0 radical (unpaired) electrons. The SMILES string of the molecule is COc1cccc2[nH]c(C(=O)N[C@@H](CC(C)C)C(=O)NC(C[C@@H]3CCNC3=O)C(=O)CCl)cc12. The zero-order valence-corrected chi connectivity index (χ0v) is 20.3. The van der Waals surface area contributed by atoms with E-state index in [0.717, 1.165) is 10.9 Å². The number of rotatable bonds is 11. The number of amides is 3. The molecule has 2 aromatic rings. The Hall–Kier alpha value is -3.07. The molecule has 1 aliphatic heterocycles. The molecule has 34 heavy (non-hydrogen) atoms. The normalized spacial score (nSPS) is 17.3. The van der Waals surface area contributed by atoms with Crippen LogP contribution in [0.5, 0.6) is 5.75 Å². The fraction of sp³-hybridized carbons (Fsp3) is 0.500. The maximum Gasteiger partial charge on any atom is 0.268 e. The molecule has 1 aromatic heterocycles. The number of H-pyrrole nitrogens is 1. The molecule has 10 heteroatoms. The molecule has 9 nitrogen and oxygen atoms in total. The molecule has 184 valence electrons. The number of halogens is 1. The maximum atomic E-state index is 13.2. The lowest BCUT2D eigenvalue weighted by Gasteiger charge is -2.24. The van der Waals surface area contributed by atoms with Crippen LogP contribution in [0.4, 0.5) is 0 Å². The molecular weight excluding hydrogens is 460 g/mol. The first-order valence-corrected chi connectivity index (χ1v) is 11.9. The molecule has 0 aliphatic carbocycles. The van der Waals surface area contributed by atoms with Crippen molar-refractivity contribution in [3.8, 4) is 5.75 Å². The van der Waals surface area contributed by atoms with E-state index in [9.17, 15) is 19.2 Å². The minimum Gasteiger partial charge on any atom is -0.496 e. The van der Waals surface area contributed by atoms with Crippen LogP contribution in [0, 0.1) is 11.8 Å². The Labute approximate surface area is 203 Å². The third-order valence-electron chi connectivity index (χ3n) is 5.94. The largest absolute Gasteiger partial charge is 0.496 e. The van der Waals surface area contributed by atoms with Crippen molar-refractivity contribution < 1.29 is 23.9 Å². The van der Waals surface area contributed by atoms with E-state index in [1.165, 1.54) is 0 Å². The Balaban J connectivity index is 1.75. The minimum absolute atomic E-state index is 0.0987. The lowest BCUT2D eigenvalue weighted by atomic mass is 9.95. The summed E-state index contributed by atoms with van der Waals surface area (Å²) in [4.78, 5) is 53.6. The first-order chi connectivity index (χ1) is 16.2. The molecule has 0 bridgehead atoms. The van der Waals surface area contributed by atoms with Gasteiger partial charge in [0.15, 0.2) is 5.78 Å². The highest BCUT2D eigenvalue weighted by atomic mass is 35.5. The Morgan fingerprint density at radius 3 is 2.59 bits per heavy atom. The van der Waals surface area contributed by atoms with Gasteiger partial charge < -0.3 is 25.7 Å². The van der Waals surface area contributed by atoms with Gasteiger partial charge in [-0.25, -0.2) is 0 Å². The summed E-state index contributed by atoms with van der Waals surface area (Å²) in [6.45, 7) is 4.41. The summed E-state index contributed by atoms with van der Waals surface area (Å²) in [7, 11) is 1.55. The van der Waals surface area contributed by atoms with Crippen LogP contribution in [0.25, 0.3) is 10.9 Å². The van der Waals surface area contributed by atoms with E-state index in [4.69, 9.17) is 16.3 Å². The van der Waals surface area contributed by atoms with Crippen LogP contribution in [-0.2, 0) is 14.4 Å². The van der Waals surface area contributed by atoms with Crippen LogP contribution in [0.2, 0.25) is 0 Å². The van der Waals surface area contributed by atoms with E-state index in [1.807, 2.05) is 26.0 Å². The van der Waals surface area contributed by atoms with Crippen LogP contribution >= 0.6 is 11.6 Å². The van der Waals surface area contributed by atoms with E-state index >= 15 is 0 Å². The van der Waals surface area contributed by atoms with E-state index < -0.39 is 23.9 Å². The molecule has 0 saturated carbocycles. The summed E-state index contributed by atoms with van der Waals surface area (Å²) in [5, 5.41) is 8.99. The zero-order chi connectivity index (χ0) is 24.8. The summed E-state index contributed by atoms with van der Waals surface area (Å²) >= 11 is 5.76. The van der Waals surface area contributed by atoms with Crippen LogP contribution in [-0.4, -0.2) is 60.1 Å². The zero-order valence-electron chi connectivity index (χ0n) is 19.6. The molecule has 1 aromatic carbocycles. The number of alkyl halides is 1. The minimum atomic E-state index is -0.900. The van der Waals surface area contributed by atoms with Gasteiger partial charge in [-0.05, 0) is 43.4 Å². The van der Waals surface area contributed by atoms with Gasteiger partial charge in [-0.3, -0.25) is 19.2 Å². The lowest BCUT2D eigenvalue weighted by Crippen LogP contribution is -2.53. The van der Waals surface area contributed by atoms with Crippen molar-refractivity contribution in [1.29, 1.82) is 0 Å². The fourth-order valence-corrected chi connectivity index (χ4v) is 4.34. The van der Waals surface area contributed by atoms with Gasteiger partial charge in [0, 0.05) is 23.4 Å². The molecule has 2 heterocycles. The number of hydrogen-bond donors (Lipinski definition) is 4. The smallest absolute Gasteiger partial charge is 0.268 e. The summed E-state index contributed by atoms with van der Waals surface area (Å²) in [6.07, 6.45) is 1.14. The highest BCUT2D eigenvalue weighted by Gasteiger charge is 2.33. The monoisotopic (exact) mass is 490 g/mol. The highest BCUT2D eigenvalue weighted by Crippen LogP contribution is 2.26. The standard InChI is InChI=1S/C24H31ClN4O5/c1-13(2)9-18(23(32)28-17(20(30)12-25)10-14-7-8-26-22(14)31)29-24(33)19-11-15-16(27-19)5-4-6-21(15)34-3/h4-6,11,13-14,17-18,27H,7-10,12H2,1-3H3,(H,26,31)(H,28,32)(H,29,33)/t14-,17?,18-/m0/s1. The van der Waals surface area contributed by atoms with Crippen LogP contribution in [0.3, 0.4) is 0 Å². The van der Waals surface area contributed by atoms with E-state index in [-0.39, 0.29) is 41.5 Å². The van der Waals surface area contributed by atoms with Crippen molar-refractivity contribution >= 4 is 46.0 Å². The number of carbonyl (C=O) groups excluding carboxylic acids is 4. The predicted molar refractivity (Wildman–Crippen MR) is 129 cm³/mol. The molecule has 1 unspecified atom stereocenters. The molecule has 3 amide bonds. The molecular formula is C24H31ClN4O5. The first kappa shape index (κ1) is 25.6. The first-order valence-electron chi connectivity index (χ1n) is 11.4. The van der Waals surface area contributed by atoms with Gasteiger partial charge in [0.05, 0.1) is 19.0 Å². The van der Waals surface area contributed by atoms with Gasteiger partial charge in [0.2, 0.25) is 11.8 Å². The molecule has 4 N–H and O–H groups in total. The molecule has 1 aliphatic rings. The molecule has 3 rings (SSSR count). The van der Waals surface area contributed by atoms with Crippen molar-refractivity contribution in [2.45, 2.75) is 45.2 Å². The molecule has 1 saturated heterocycles. The Bertz CT molecular complexity index is 1070. The fourth-order valence-electron chi connectivity index (χ4n) is 4.16. The third-order valence-corrected chi connectivity index (χ3v) is 6.20. The Kier molecular flexibility index (Phi) is 8.55. The topological polar surface area (TPSA) is 129 Å².